The van der Waals surface area contributed by atoms with Gasteiger partial charge in [0.2, 0.25) is 17.7 Å². The molecule has 2 aromatic rings. The Morgan fingerprint density at radius 1 is 1.18 bits per heavy atom. The fraction of sp³-hybridized carbons (Fsp3) is 0.586. The number of benzene rings is 1. The second-order valence-electron chi connectivity index (χ2n) is 11.3. The summed E-state index contributed by atoms with van der Waals surface area (Å²) in [5, 5.41) is 5.76. The SMILES string of the molecule is Cc1ccc(-c2cnc([C@H](C)NC(=O)[C@H](CC(=O)N3CCCC[C@@H]3C)NC(=O)C3CC3C(C)C)[nH]2)c(F)c1. The summed E-state index contributed by atoms with van der Waals surface area (Å²) >= 11 is 0. The van der Waals surface area contributed by atoms with E-state index < -0.39 is 18.0 Å². The maximum Gasteiger partial charge on any atom is 0.243 e. The van der Waals surface area contributed by atoms with E-state index in [1.54, 1.807) is 13.0 Å². The Morgan fingerprint density at radius 2 is 1.95 bits per heavy atom. The average molecular weight is 526 g/mol. The number of aromatic nitrogens is 2. The van der Waals surface area contributed by atoms with Gasteiger partial charge in [-0.05, 0) is 76.0 Å². The molecule has 3 N–H and O–H groups in total. The Bertz CT molecular complexity index is 1180. The van der Waals surface area contributed by atoms with Crippen molar-refractivity contribution in [2.75, 3.05) is 6.54 Å². The van der Waals surface area contributed by atoms with Crippen molar-refractivity contribution in [1.29, 1.82) is 0 Å². The van der Waals surface area contributed by atoms with Gasteiger partial charge in [-0.3, -0.25) is 14.4 Å². The van der Waals surface area contributed by atoms with Crippen LogP contribution in [0.3, 0.4) is 0 Å². The Labute approximate surface area is 224 Å². The van der Waals surface area contributed by atoms with Crippen molar-refractivity contribution in [2.45, 2.75) is 84.8 Å². The molecule has 38 heavy (non-hydrogen) atoms. The number of amides is 3. The summed E-state index contributed by atoms with van der Waals surface area (Å²) in [7, 11) is 0. The third kappa shape index (κ3) is 6.42. The maximum atomic E-state index is 14.4. The van der Waals surface area contributed by atoms with Gasteiger partial charge in [0, 0.05) is 24.1 Å². The van der Waals surface area contributed by atoms with Gasteiger partial charge in [0.25, 0.3) is 0 Å². The molecule has 0 radical (unpaired) electrons. The zero-order valence-electron chi connectivity index (χ0n) is 23.0. The maximum absolute atomic E-state index is 14.4. The van der Waals surface area contributed by atoms with Gasteiger partial charge < -0.3 is 20.5 Å². The van der Waals surface area contributed by atoms with E-state index in [2.05, 4.69) is 34.4 Å². The van der Waals surface area contributed by atoms with E-state index in [0.29, 0.717) is 35.5 Å². The van der Waals surface area contributed by atoms with Gasteiger partial charge in [0.15, 0.2) is 0 Å². The summed E-state index contributed by atoms with van der Waals surface area (Å²) in [4.78, 5) is 48.8. The highest BCUT2D eigenvalue weighted by Crippen LogP contribution is 2.44. The van der Waals surface area contributed by atoms with Crippen LogP contribution in [0.2, 0.25) is 0 Å². The van der Waals surface area contributed by atoms with Crippen LogP contribution in [0.1, 0.15) is 77.2 Å². The number of hydrogen-bond acceptors (Lipinski definition) is 4. The first-order valence-electron chi connectivity index (χ1n) is 13.8. The summed E-state index contributed by atoms with van der Waals surface area (Å²) in [6.45, 7) is 10.4. The Balaban J connectivity index is 1.45. The fourth-order valence-corrected chi connectivity index (χ4v) is 5.42. The molecule has 2 heterocycles. The number of piperidine rings is 1. The number of aromatic amines is 1. The quantitative estimate of drug-likeness (QED) is 0.455. The number of likely N-dealkylation sites (tertiary alicyclic amines) is 1. The van der Waals surface area contributed by atoms with Crippen LogP contribution >= 0.6 is 0 Å². The van der Waals surface area contributed by atoms with Crippen LogP contribution in [0.15, 0.2) is 24.4 Å². The molecule has 206 valence electrons. The van der Waals surface area contributed by atoms with Crippen molar-refractivity contribution in [3.8, 4) is 11.3 Å². The van der Waals surface area contributed by atoms with E-state index in [9.17, 15) is 18.8 Å². The largest absolute Gasteiger partial charge is 0.345 e. The molecular weight excluding hydrogens is 485 g/mol. The van der Waals surface area contributed by atoms with Gasteiger partial charge >= 0.3 is 0 Å². The Kier molecular flexibility index (Phi) is 8.53. The van der Waals surface area contributed by atoms with Gasteiger partial charge in [-0.15, -0.1) is 0 Å². The van der Waals surface area contributed by atoms with Crippen LogP contribution < -0.4 is 10.6 Å². The van der Waals surface area contributed by atoms with E-state index in [-0.39, 0.29) is 36.0 Å². The van der Waals surface area contributed by atoms with Crippen LogP contribution in [0, 0.1) is 30.5 Å². The first-order chi connectivity index (χ1) is 18.0. The average Bonchev–Trinajstić information content (AvgIpc) is 3.53. The van der Waals surface area contributed by atoms with Crippen LogP contribution in [-0.2, 0) is 14.4 Å². The van der Waals surface area contributed by atoms with Crippen molar-refractivity contribution in [3.05, 3.63) is 41.6 Å². The molecule has 9 heteroatoms. The van der Waals surface area contributed by atoms with Crippen molar-refractivity contribution >= 4 is 17.7 Å². The summed E-state index contributed by atoms with van der Waals surface area (Å²) in [6, 6.07) is 3.56. The molecule has 3 amide bonds. The number of aryl methyl sites for hydroxylation is 1. The third-order valence-electron chi connectivity index (χ3n) is 7.95. The summed E-state index contributed by atoms with van der Waals surface area (Å²) < 4.78 is 14.4. The van der Waals surface area contributed by atoms with Crippen molar-refractivity contribution in [2.24, 2.45) is 17.8 Å². The molecule has 1 aliphatic heterocycles. The van der Waals surface area contributed by atoms with E-state index >= 15 is 0 Å². The van der Waals surface area contributed by atoms with Crippen LogP contribution in [0.4, 0.5) is 4.39 Å². The summed E-state index contributed by atoms with van der Waals surface area (Å²) in [5.41, 5.74) is 1.72. The second-order valence-corrected chi connectivity index (χ2v) is 11.3. The number of H-pyrrole nitrogens is 1. The van der Waals surface area contributed by atoms with Crippen LogP contribution in [0.5, 0.6) is 0 Å². The zero-order valence-corrected chi connectivity index (χ0v) is 23.0. The molecule has 1 saturated carbocycles. The first-order valence-corrected chi connectivity index (χ1v) is 13.8. The molecule has 1 aromatic carbocycles. The van der Waals surface area contributed by atoms with Gasteiger partial charge in [-0.1, -0.05) is 19.9 Å². The van der Waals surface area contributed by atoms with Crippen LogP contribution in [-0.4, -0.2) is 51.2 Å². The highest BCUT2D eigenvalue weighted by atomic mass is 19.1. The van der Waals surface area contributed by atoms with Gasteiger partial charge in [-0.25, -0.2) is 9.37 Å². The Hall–Kier alpha value is -3.23. The predicted molar refractivity (Wildman–Crippen MR) is 143 cm³/mol. The lowest BCUT2D eigenvalue weighted by molar-refractivity contribution is -0.138. The summed E-state index contributed by atoms with van der Waals surface area (Å²) in [5.74, 6) is -0.0717. The molecule has 5 atom stereocenters. The number of carbonyl (C=O) groups is 3. The molecule has 1 aromatic heterocycles. The summed E-state index contributed by atoms with van der Waals surface area (Å²) in [6.07, 6.45) is 5.20. The van der Waals surface area contributed by atoms with Gasteiger partial charge in [-0.2, -0.15) is 0 Å². The molecule has 1 aliphatic carbocycles. The lowest BCUT2D eigenvalue weighted by Crippen LogP contribution is -2.52. The first kappa shape index (κ1) is 27.8. The lowest BCUT2D eigenvalue weighted by Gasteiger charge is -2.34. The molecule has 0 spiro atoms. The normalized spacial score (nSPS) is 22.6. The topological polar surface area (TPSA) is 107 Å². The molecule has 4 rings (SSSR count). The second kappa shape index (κ2) is 11.7. The van der Waals surface area contributed by atoms with Gasteiger partial charge in [0.05, 0.1) is 24.4 Å². The predicted octanol–water partition coefficient (Wildman–Crippen LogP) is 4.27. The number of hydrogen-bond donors (Lipinski definition) is 3. The molecule has 0 bridgehead atoms. The molecule has 8 nitrogen and oxygen atoms in total. The van der Waals surface area contributed by atoms with E-state index in [0.717, 1.165) is 31.2 Å². The van der Waals surface area contributed by atoms with Crippen LogP contribution in [0.25, 0.3) is 11.3 Å². The molecule has 2 aliphatic rings. The van der Waals surface area contributed by atoms with E-state index in [1.165, 1.54) is 12.3 Å². The number of halogens is 1. The van der Waals surface area contributed by atoms with Crippen molar-refractivity contribution in [1.82, 2.24) is 25.5 Å². The highest BCUT2D eigenvalue weighted by molar-refractivity contribution is 5.93. The lowest BCUT2D eigenvalue weighted by atomic mass is 10.0. The standard InChI is InChI=1S/C29H40FN5O3/c1-16(2)21-13-22(21)28(37)34-24(14-26(36)35-11-7-6-8-18(35)4)29(38)32-19(5)27-31-15-25(33-27)20-10-9-17(3)12-23(20)30/h9-10,12,15-16,18-19,21-22,24H,6-8,11,13-14H2,1-5H3,(H,31,33)(H,32,38)(H,34,37)/t18-,19-,21?,22?,24-/m0/s1. The number of rotatable bonds is 9. The molecule has 1 saturated heterocycles. The minimum atomic E-state index is -0.982. The van der Waals surface area contributed by atoms with E-state index in [1.807, 2.05) is 24.8 Å². The zero-order chi connectivity index (χ0) is 27.6. The number of carbonyl (C=O) groups excluding carboxylic acids is 3. The fourth-order valence-electron chi connectivity index (χ4n) is 5.42. The number of nitrogens with zero attached hydrogens (tertiary/aromatic N) is 2. The Morgan fingerprint density at radius 3 is 2.61 bits per heavy atom. The minimum Gasteiger partial charge on any atom is -0.345 e. The third-order valence-corrected chi connectivity index (χ3v) is 7.95. The monoisotopic (exact) mass is 525 g/mol. The van der Waals surface area contributed by atoms with Gasteiger partial charge in [0.1, 0.15) is 17.7 Å². The van der Waals surface area contributed by atoms with E-state index in [4.69, 9.17) is 0 Å². The van der Waals surface area contributed by atoms with Crippen molar-refractivity contribution in [3.63, 3.8) is 0 Å². The minimum absolute atomic E-state index is 0.0916. The van der Waals surface area contributed by atoms with Crippen molar-refractivity contribution < 1.29 is 18.8 Å². The molecule has 2 unspecified atom stereocenters. The number of imidazole rings is 1. The smallest absolute Gasteiger partial charge is 0.243 e. The molecular formula is C29H40FN5O3. The highest BCUT2D eigenvalue weighted by Gasteiger charge is 2.45. The molecule has 2 fully saturated rings. The number of nitrogens with one attached hydrogen (secondary N) is 3.